The Kier molecular flexibility index (Phi) is 5.81. The predicted molar refractivity (Wildman–Crippen MR) is 99.6 cm³/mol. The number of carboxylic acids is 1. The summed E-state index contributed by atoms with van der Waals surface area (Å²) in [5, 5.41) is 13.9. The predicted octanol–water partition coefficient (Wildman–Crippen LogP) is 3.54. The number of aliphatic carboxylic acids is 1. The fraction of sp³-hybridized carbons (Fsp3) is 0.350. The van der Waals surface area contributed by atoms with Crippen LogP contribution in [0.2, 0.25) is 0 Å². The van der Waals surface area contributed by atoms with Gasteiger partial charge in [0.2, 0.25) is 0 Å². The molecule has 1 N–H and O–H groups in total. The van der Waals surface area contributed by atoms with E-state index in [-0.39, 0.29) is 18.9 Å². The van der Waals surface area contributed by atoms with Crippen molar-refractivity contribution in [2.45, 2.75) is 39.2 Å². The Hall–Kier alpha value is -2.80. The third-order valence-electron chi connectivity index (χ3n) is 4.20. The summed E-state index contributed by atoms with van der Waals surface area (Å²) in [7, 11) is 0. The van der Waals surface area contributed by atoms with Gasteiger partial charge in [-0.1, -0.05) is 6.07 Å². The second-order valence-electron chi connectivity index (χ2n) is 6.65. The van der Waals surface area contributed by atoms with E-state index in [4.69, 9.17) is 9.84 Å². The fourth-order valence-electron chi connectivity index (χ4n) is 2.82. The Morgan fingerprint density at radius 2 is 2.07 bits per heavy atom. The molecular weight excluding hydrogens is 349 g/mol. The van der Waals surface area contributed by atoms with E-state index in [0.717, 1.165) is 17.4 Å². The monoisotopic (exact) mass is 371 g/mol. The summed E-state index contributed by atoms with van der Waals surface area (Å²) in [6.07, 6.45) is 4.48. The lowest BCUT2D eigenvalue weighted by molar-refractivity contribution is -0.136. The maximum absolute atomic E-state index is 14.3. The number of fused-ring (bicyclic) bond motifs is 1. The standard InChI is InChI=1S/C20H22FN3O3/c1-13(2)27-8-7-14-9-16-12-23-24(20(16)22-11-14)17-5-3-15(18(21)10-17)4-6-19(25)26/h3,5,9-13H,4,6-8H2,1-2H3,(H,25,26). The van der Waals surface area contributed by atoms with Crippen molar-refractivity contribution >= 4 is 17.0 Å². The van der Waals surface area contributed by atoms with E-state index in [2.05, 4.69) is 10.1 Å². The smallest absolute Gasteiger partial charge is 0.303 e. The second kappa shape index (κ2) is 8.26. The van der Waals surface area contributed by atoms with Gasteiger partial charge in [0.15, 0.2) is 5.65 Å². The van der Waals surface area contributed by atoms with Crippen LogP contribution in [-0.2, 0) is 22.4 Å². The normalized spacial score (nSPS) is 11.4. The van der Waals surface area contributed by atoms with Gasteiger partial charge >= 0.3 is 5.97 Å². The number of pyridine rings is 1. The van der Waals surface area contributed by atoms with E-state index in [0.29, 0.717) is 23.5 Å². The van der Waals surface area contributed by atoms with Crippen LogP contribution in [0, 0.1) is 5.82 Å². The van der Waals surface area contributed by atoms with E-state index in [1.54, 1.807) is 29.2 Å². The molecular formula is C20H22FN3O3. The molecule has 0 saturated heterocycles. The maximum Gasteiger partial charge on any atom is 0.303 e. The molecule has 2 heterocycles. The van der Waals surface area contributed by atoms with Crippen LogP contribution >= 0.6 is 0 Å². The lowest BCUT2D eigenvalue weighted by atomic mass is 10.1. The third kappa shape index (κ3) is 4.68. The van der Waals surface area contributed by atoms with Gasteiger partial charge in [0.25, 0.3) is 0 Å². The number of benzene rings is 1. The van der Waals surface area contributed by atoms with Gasteiger partial charge in [0, 0.05) is 18.0 Å². The van der Waals surface area contributed by atoms with Crippen LogP contribution in [0.3, 0.4) is 0 Å². The van der Waals surface area contributed by atoms with Crippen molar-refractivity contribution in [3.8, 4) is 5.69 Å². The number of aryl methyl sites for hydroxylation is 1. The molecule has 3 aromatic rings. The molecule has 0 aliphatic carbocycles. The van der Waals surface area contributed by atoms with Crippen molar-refractivity contribution in [1.82, 2.24) is 14.8 Å². The Bertz CT molecular complexity index is 953. The van der Waals surface area contributed by atoms with Crippen LogP contribution in [-0.4, -0.2) is 38.6 Å². The molecule has 2 aromatic heterocycles. The summed E-state index contributed by atoms with van der Waals surface area (Å²) in [6.45, 7) is 4.62. The first kappa shape index (κ1) is 19.0. The zero-order chi connectivity index (χ0) is 19.4. The number of hydrogen-bond donors (Lipinski definition) is 1. The molecule has 0 unspecified atom stereocenters. The topological polar surface area (TPSA) is 77.2 Å². The van der Waals surface area contributed by atoms with Crippen molar-refractivity contribution in [3.05, 3.63) is 53.6 Å². The molecule has 1 aromatic carbocycles. The average Bonchev–Trinajstić information content (AvgIpc) is 3.03. The Morgan fingerprint density at radius 3 is 2.78 bits per heavy atom. The highest BCUT2D eigenvalue weighted by molar-refractivity contribution is 5.76. The van der Waals surface area contributed by atoms with Crippen molar-refractivity contribution in [3.63, 3.8) is 0 Å². The first-order valence-electron chi connectivity index (χ1n) is 8.89. The summed E-state index contributed by atoms with van der Waals surface area (Å²) in [4.78, 5) is 15.1. The molecule has 0 amide bonds. The minimum Gasteiger partial charge on any atom is -0.481 e. The van der Waals surface area contributed by atoms with Crippen molar-refractivity contribution in [1.29, 1.82) is 0 Å². The third-order valence-corrected chi connectivity index (χ3v) is 4.20. The molecule has 0 aliphatic heterocycles. The molecule has 7 heteroatoms. The van der Waals surface area contributed by atoms with Gasteiger partial charge in [0.05, 0.1) is 24.6 Å². The zero-order valence-electron chi connectivity index (χ0n) is 15.4. The Labute approximate surface area is 156 Å². The minimum atomic E-state index is -0.949. The van der Waals surface area contributed by atoms with Crippen LogP contribution < -0.4 is 0 Å². The zero-order valence-corrected chi connectivity index (χ0v) is 15.4. The highest BCUT2D eigenvalue weighted by Gasteiger charge is 2.11. The highest BCUT2D eigenvalue weighted by Crippen LogP contribution is 2.20. The number of rotatable bonds is 8. The van der Waals surface area contributed by atoms with Crippen LogP contribution in [0.1, 0.15) is 31.4 Å². The molecule has 27 heavy (non-hydrogen) atoms. The van der Waals surface area contributed by atoms with Gasteiger partial charge in [-0.3, -0.25) is 4.79 Å². The molecule has 0 radical (unpaired) electrons. The molecule has 0 fully saturated rings. The van der Waals surface area contributed by atoms with Gasteiger partial charge in [-0.05, 0) is 56.0 Å². The molecule has 3 rings (SSSR count). The molecule has 0 saturated carbocycles. The summed E-state index contributed by atoms with van der Waals surface area (Å²) in [5.41, 5.74) is 2.61. The lowest BCUT2D eigenvalue weighted by Gasteiger charge is -2.08. The Morgan fingerprint density at radius 1 is 1.26 bits per heavy atom. The number of nitrogens with zero attached hydrogens (tertiary/aromatic N) is 3. The van der Waals surface area contributed by atoms with Crippen LogP contribution in [0.25, 0.3) is 16.7 Å². The number of carboxylic acid groups (broad SMARTS) is 1. The molecule has 0 atom stereocenters. The molecule has 0 aliphatic rings. The molecule has 0 spiro atoms. The number of aromatic nitrogens is 3. The summed E-state index contributed by atoms with van der Waals surface area (Å²) in [5.74, 6) is -1.39. The first-order chi connectivity index (χ1) is 12.9. The summed E-state index contributed by atoms with van der Waals surface area (Å²) >= 11 is 0. The second-order valence-corrected chi connectivity index (χ2v) is 6.65. The van der Waals surface area contributed by atoms with E-state index >= 15 is 0 Å². The fourth-order valence-corrected chi connectivity index (χ4v) is 2.82. The van der Waals surface area contributed by atoms with E-state index in [1.807, 2.05) is 19.9 Å². The molecule has 142 valence electrons. The average molecular weight is 371 g/mol. The number of carbonyl (C=O) groups is 1. The Balaban J connectivity index is 1.80. The number of ether oxygens (including phenoxy) is 1. The van der Waals surface area contributed by atoms with Crippen LogP contribution in [0.4, 0.5) is 4.39 Å². The van der Waals surface area contributed by atoms with E-state index < -0.39 is 11.8 Å². The van der Waals surface area contributed by atoms with Crippen molar-refractivity contribution in [2.75, 3.05) is 6.61 Å². The lowest BCUT2D eigenvalue weighted by Crippen LogP contribution is -2.06. The molecule has 6 nitrogen and oxygen atoms in total. The van der Waals surface area contributed by atoms with Gasteiger partial charge < -0.3 is 9.84 Å². The van der Waals surface area contributed by atoms with E-state index in [9.17, 15) is 9.18 Å². The summed E-state index contributed by atoms with van der Waals surface area (Å²) in [6, 6.07) is 6.68. The molecule has 0 bridgehead atoms. The van der Waals surface area contributed by atoms with Crippen molar-refractivity contribution < 1.29 is 19.0 Å². The van der Waals surface area contributed by atoms with Crippen molar-refractivity contribution in [2.24, 2.45) is 0 Å². The van der Waals surface area contributed by atoms with Crippen LogP contribution in [0.15, 0.2) is 36.7 Å². The first-order valence-corrected chi connectivity index (χ1v) is 8.89. The largest absolute Gasteiger partial charge is 0.481 e. The van der Waals surface area contributed by atoms with Gasteiger partial charge in [0.1, 0.15) is 5.82 Å². The maximum atomic E-state index is 14.3. The number of halogens is 1. The van der Waals surface area contributed by atoms with Gasteiger partial charge in [-0.2, -0.15) is 5.10 Å². The quantitative estimate of drug-likeness (QED) is 0.655. The van der Waals surface area contributed by atoms with Gasteiger partial charge in [-0.25, -0.2) is 14.1 Å². The minimum absolute atomic E-state index is 0.105. The summed E-state index contributed by atoms with van der Waals surface area (Å²) < 4.78 is 21.4. The van der Waals surface area contributed by atoms with Crippen LogP contribution in [0.5, 0.6) is 0 Å². The number of hydrogen-bond acceptors (Lipinski definition) is 4. The highest BCUT2D eigenvalue weighted by atomic mass is 19.1. The SMILES string of the molecule is CC(C)OCCc1cnc2c(cnn2-c2ccc(CCC(=O)O)c(F)c2)c1. The van der Waals surface area contributed by atoms with Gasteiger partial charge in [-0.15, -0.1) is 0 Å². The van der Waals surface area contributed by atoms with E-state index in [1.165, 1.54) is 6.07 Å².